The molecule has 0 atom stereocenters. The molecule has 5 nitrogen and oxygen atoms in total. The van der Waals surface area contributed by atoms with Gasteiger partial charge in [-0.15, -0.1) is 11.3 Å². The standard InChI is InChI=1S/C13H15N3O2S2/c1-9-7-20-13(15-9)16-11(17)3-2-5-14-12(18)10-4-6-19-8-10/h4,6-8H,2-3,5H2,1H3,(H,14,18)(H,15,16,17). The normalized spacial score (nSPS) is 10.2. The lowest BCUT2D eigenvalue weighted by molar-refractivity contribution is -0.116. The van der Waals surface area contributed by atoms with Gasteiger partial charge in [-0.3, -0.25) is 9.59 Å². The summed E-state index contributed by atoms with van der Waals surface area (Å²) < 4.78 is 0. The van der Waals surface area contributed by atoms with Crippen LogP contribution >= 0.6 is 22.7 Å². The van der Waals surface area contributed by atoms with Crippen LogP contribution in [0, 0.1) is 6.92 Å². The summed E-state index contributed by atoms with van der Waals surface area (Å²) in [7, 11) is 0. The van der Waals surface area contributed by atoms with Gasteiger partial charge >= 0.3 is 0 Å². The van der Waals surface area contributed by atoms with Crippen molar-refractivity contribution in [2.45, 2.75) is 19.8 Å². The minimum atomic E-state index is -0.0952. The maximum absolute atomic E-state index is 11.6. The van der Waals surface area contributed by atoms with Gasteiger partial charge in [-0.25, -0.2) is 4.98 Å². The first kappa shape index (κ1) is 14.7. The van der Waals surface area contributed by atoms with E-state index in [4.69, 9.17) is 0 Å². The molecule has 0 aliphatic carbocycles. The lowest BCUT2D eigenvalue weighted by Crippen LogP contribution is -2.25. The summed E-state index contributed by atoms with van der Waals surface area (Å²) in [4.78, 5) is 27.4. The zero-order valence-electron chi connectivity index (χ0n) is 11.0. The van der Waals surface area contributed by atoms with Gasteiger partial charge in [-0.1, -0.05) is 0 Å². The van der Waals surface area contributed by atoms with Crippen molar-refractivity contribution in [3.05, 3.63) is 33.5 Å². The molecule has 0 unspecified atom stereocenters. The van der Waals surface area contributed by atoms with Crippen LogP contribution in [-0.2, 0) is 4.79 Å². The molecule has 2 heterocycles. The Morgan fingerprint density at radius 2 is 2.20 bits per heavy atom. The lowest BCUT2D eigenvalue weighted by Gasteiger charge is -2.04. The summed E-state index contributed by atoms with van der Waals surface area (Å²) in [5, 5.41) is 11.7. The number of rotatable bonds is 6. The Kier molecular flexibility index (Phi) is 5.25. The van der Waals surface area contributed by atoms with E-state index in [-0.39, 0.29) is 11.8 Å². The number of nitrogens with one attached hydrogen (secondary N) is 2. The zero-order valence-corrected chi connectivity index (χ0v) is 12.6. The molecule has 7 heteroatoms. The summed E-state index contributed by atoms with van der Waals surface area (Å²) in [6.45, 7) is 2.37. The average molecular weight is 309 g/mol. The first-order chi connectivity index (χ1) is 9.65. The Bertz CT molecular complexity index is 578. The van der Waals surface area contributed by atoms with Crippen LogP contribution in [0.15, 0.2) is 22.2 Å². The molecule has 2 aromatic rings. The summed E-state index contributed by atoms with van der Waals surface area (Å²) in [5.74, 6) is -0.175. The van der Waals surface area contributed by atoms with Crippen molar-refractivity contribution in [2.24, 2.45) is 0 Å². The number of hydrogen-bond acceptors (Lipinski definition) is 5. The van der Waals surface area contributed by atoms with Crippen molar-refractivity contribution < 1.29 is 9.59 Å². The van der Waals surface area contributed by atoms with Crippen molar-refractivity contribution in [2.75, 3.05) is 11.9 Å². The smallest absolute Gasteiger partial charge is 0.252 e. The number of amides is 2. The first-order valence-electron chi connectivity index (χ1n) is 6.17. The van der Waals surface area contributed by atoms with Gasteiger partial charge in [-0.2, -0.15) is 11.3 Å². The molecule has 0 saturated carbocycles. The maximum Gasteiger partial charge on any atom is 0.252 e. The fourth-order valence-corrected chi connectivity index (χ4v) is 2.88. The highest BCUT2D eigenvalue weighted by Crippen LogP contribution is 2.14. The van der Waals surface area contributed by atoms with Gasteiger partial charge in [0.25, 0.3) is 5.91 Å². The molecule has 0 fully saturated rings. The summed E-state index contributed by atoms with van der Waals surface area (Å²) >= 11 is 2.89. The predicted molar refractivity (Wildman–Crippen MR) is 81.4 cm³/mol. The third kappa shape index (κ3) is 4.43. The molecular formula is C13H15N3O2S2. The molecule has 0 radical (unpaired) electrons. The predicted octanol–water partition coefficient (Wildman–Crippen LogP) is 2.66. The van der Waals surface area contributed by atoms with E-state index >= 15 is 0 Å². The number of carbonyl (C=O) groups is 2. The van der Waals surface area contributed by atoms with Gasteiger partial charge in [-0.05, 0) is 24.8 Å². The molecule has 0 aliphatic rings. The average Bonchev–Trinajstić information content (AvgIpc) is 3.06. The molecule has 2 amide bonds. The second-order valence-corrected chi connectivity index (χ2v) is 5.85. The largest absolute Gasteiger partial charge is 0.352 e. The summed E-state index contributed by atoms with van der Waals surface area (Å²) in [6.07, 6.45) is 0.967. The van der Waals surface area contributed by atoms with Crippen molar-refractivity contribution >= 4 is 39.6 Å². The number of thiophene rings is 1. The van der Waals surface area contributed by atoms with Gasteiger partial charge in [0.15, 0.2) is 5.13 Å². The van der Waals surface area contributed by atoms with Crippen LogP contribution in [-0.4, -0.2) is 23.3 Å². The SMILES string of the molecule is Cc1csc(NC(=O)CCCNC(=O)c2ccsc2)n1. The molecule has 0 bridgehead atoms. The van der Waals surface area contributed by atoms with Crippen LogP contribution in [0.5, 0.6) is 0 Å². The molecule has 2 rings (SSSR count). The quantitative estimate of drug-likeness (QED) is 0.806. The van der Waals surface area contributed by atoms with Crippen molar-refractivity contribution in [1.82, 2.24) is 10.3 Å². The second kappa shape index (κ2) is 7.16. The molecule has 0 saturated heterocycles. The Morgan fingerprint density at radius 3 is 2.85 bits per heavy atom. The summed E-state index contributed by atoms with van der Waals surface area (Å²) in [5.41, 5.74) is 1.56. The number of carbonyl (C=O) groups excluding carboxylic acids is 2. The summed E-state index contributed by atoms with van der Waals surface area (Å²) in [6, 6.07) is 1.78. The molecule has 2 aromatic heterocycles. The molecule has 106 valence electrons. The van der Waals surface area contributed by atoms with Crippen molar-refractivity contribution in [3.8, 4) is 0 Å². The van der Waals surface area contributed by atoms with Crippen LogP contribution < -0.4 is 10.6 Å². The van der Waals surface area contributed by atoms with E-state index in [1.807, 2.05) is 17.7 Å². The highest BCUT2D eigenvalue weighted by Gasteiger charge is 2.07. The minimum absolute atomic E-state index is 0.0795. The van der Waals surface area contributed by atoms with Crippen LogP contribution in [0.1, 0.15) is 28.9 Å². The lowest BCUT2D eigenvalue weighted by atomic mass is 10.2. The van der Waals surface area contributed by atoms with Crippen LogP contribution in [0.25, 0.3) is 0 Å². The molecular weight excluding hydrogens is 294 g/mol. The van der Waals surface area contributed by atoms with E-state index in [1.165, 1.54) is 22.7 Å². The van der Waals surface area contributed by atoms with Crippen LogP contribution in [0.4, 0.5) is 5.13 Å². The monoisotopic (exact) mass is 309 g/mol. The fraction of sp³-hybridized carbons (Fsp3) is 0.308. The van der Waals surface area contributed by atoms with Gasteiger partial charge in [0.2, 0.25) is 5.91 Å². The Labute approximate surface area is 125 Å². The number of thiazole rings is 1. The Balaban J connectivity index is 1.63. The number of anilines is 1. The Hall–Kier alpha value is -1.73. The molecule has 0 aromatic carbocycles. The Morgan fingerprint density at radius 1 is 1.35 bits per heavy atom. The highest BCUT2D eigenvalue weighted by molar-refractivity contribution is 7.13. The number of hydrogen-bond donors (Lipinski definition) is 2. The van der Waals surface area contributed by atoms with Crippen LogP contribution in [0.2, 0.25) is 0 Å². The topological polar surface area (TPSA) is 71.1 Å². The van der Waals surface area contributed by atoms with Crippen LogP contribution in [0.3, 0.4) is 0 Å². The van der Waals surface area contributed by atoms with E-state index in [0.717, 1.165) is 5.69 Å². The number of aromatic nitrogens is 1. The molecule has 0 spiro atoms. The van der Waals surface area contributed by atoms with Gasteiger partial charge in [0, 0.05) is 29.3 Å². The van der Waals surface area contributed by atoms with Crippen molar-refractivity contribution in [3.63, 3.8) is 0 Å². The fourth-order valence-electron chi connectivity index (χ4n) is 1.54. The van der Waals surface area contributed by atoms with E-state index in [0.29, 0.717) is 30.1 Å². The van der Waals surface area contributed by atoms with E-state index in [9.17, 15) is 9.59 Å². The van der Waals surface area contributed by atoms with E-state index in [1.54, 1.807) is 11.4 Å². The van der Waals surface area contributed by atoms with Gasteiger partial charge in [0.1, 0.15) is 0 Å². The maximum atomic E-state index is 11.6. The van der Waals surface area contributed by atoms with Crippen molar-refractivity contribution in [1.29, 1.82) is 0 Å². The number of aryl methyl sites for hydroxylation is 1. The number of nitrogens with zero attached hydrogens (tertiary/aromatic N) is 1. The second-order valence-electron chi connectivity index (χ2n) is 4.21. The molecule has 20 heavy (non-hydrogen) atoms. The molecule has 0 aliphatic heterocycles. The highest BCUT2D eigenvalue weighted by atomic mass is 32.1. The zero-order chi connectivity index (χ0) is 14.4. The first-order valence-corrected chi connectivity index (χ1v) is 8.00. The van der Waals surface area contributed by atoms with Gasteiger partial charge < -0.3 is 10.6 Å². The molecule has 2 N–H and O–H groups in total. The van der Waals surface area contributed by atoms with Gasteiger partial charge in [0.05, 0.1) is 5.69 Å². The third-order valence-corrected chi connectivity index (χ3v) is 4.07. The minimum Gasteiger partial charge on any atom is -0.352 e. The third-order valence-electron chi connectivity index (χ3n) is 2.51. The van der Waals surface area contributed by atoms with E-state index < -0.39 is 0 Å². The van der Waals surface area contributed by atoms with E-state index in [2.05, 4.69) is 15.6 Å².